The monoisotopic (exact) mass is 360 g/mol. The Morgan fingerprint density at radius 2 is 1.88 bits per heavy atom. The third-order valence-electron chi connectivity index (χ3n) is 3.66. The first kappa shape index (κ1) is 18.9. The summed E-state index contributed by atoms with van der Waals surface area (Å²) >= 11 is 0. The molecule has 0 amide bonds. The van der Waals surface area contributed by atoms with Crippen molar-refractivity contribution in [3.63, 3.8) is 0 Å². The third kappa shape index (κ3) is 3.49. The number of aliphatic hydroxyl groups is 1. The molecule has 0 aromatic heterocycles. The van der Waals surface area contributed by atoms with Crippen LogP contribution in [-0.2, 0) is 23.9 Å². The number of cyclic esters (lactones) is 2. The summed E-state index contributed by atoms with van der Waals surface area (Å²) in [4.78, 5) is 47.1. The molecular weight excluding hydrogens is 344 g/mol. The summed E-state index contributed by atoms with van der Waals surface area (Å²) in [5.41, 5.74) is -0.231. The molecule has 0 saturated heterocycles. The fraction of sp³-hybridized carbons (Fsp3) is 0.222. The number of ketones is 2. The Morgan fingerprint density at radius 1 is 1.19 bits per heavy atom. The normalized spacial score (nSPS) is 17.3. The molecule has 1 aromatic rings. The van der Waals surface area contributed by atoms with Crippen molar-refractivity contribution < 1.29 is 38.5 Å². The number of hydrogen-bond donors (Lipinski definition) is 1. The second kappa shape index (κ2) is 7.64. The molecular formula is C18H16O8. The van der Waals surface area contributed by atoms with Gasteiger partial charge in [-0.25, -0.2) is 4.79 Å². The summed E-state index contributed by atoms with van der Waals surface area (Å²) in [5.74, 6) is -6.08. The molecule has 0 fully saturated rings. The molecule has 2 rings (SSSR count). The van der Waals surface area contributed by atoms with Crippen LogP contribution < -0.4 is 9.47 Å². The quantitative estimate of drug-likeness (QED) is 0.350. The van der Waals surface area contributed by atoms with Crippen molar-refractivity contribution in [3.05, 3.63) is 41.2 Å². The number of esters is 2. The Labute approximate surface area is 148 Å². The third-order valence-corrected chi connectivity index (χ3v) is 3.66. The van der Waals surface area contributed by atoms with Crippen molar-refractivity contribution in [2.24, 2.45) is 5.92 Å². The van der Waals surface area contributed by atoms with Gasteiger partial charge in [0.2, 0.25) is 0 Å². The summed E-state index contributed by atoms with van der Waals surface area (Å²) < 4.78 is 14.8. The van der Waals surface area contributed by atoms with E-state index >= 15 is 0 Å². The summed E-state index contributed by atoms with van der Waals surface area (Å²) in [7, 11) is 2.88. The zero-order valence-corrected chi connectivity index (χ0v) is 14.3. The maximum Gasteiger partial charge on any atom is 0.352 e. The van der Waals surface area contributed by atoms with E-state index in [0.29, 0.717) is 17.1 Å². The second-order valence-corrected chi connectivity index (χ2v) is 5.28. The molecule has 0 saturated carbocycles. The molecule has 1 aliphatic heterocycles. The van der Waals surface area contributed by atoms with Crippen LogP contribution in [0.2, 0.25) is 0 Å². The van der Waals surface area contributed by atoms with E-state index in [0.717, 1.165) is 13.0 Å². The summed E-state index contributed by atoms with van der Waals surface area (Å²) in [5, 5.41) is 10.0. The summed E-state index contributed by atoms with van der Waals surface area (Å²) in [6.45, 7) is 1.01. The SMILES string of the molecule is COc1cccc(C=CC(=O)C2C(=O)OC(=O)C(C(C)=O)=C2O)c1OC. The van der Waals surface area contributed by atoms with Crippen molar-refractivity contribution in [3.8, 4) is 11.5 Å². The lowest BCUT2D eigenvalue weighted by atomic mass is 9.93. The van der Waals surface area contributed by atoms with Gasteiger partial charge in [0.15, 0.2) is 29.0 Å². The molecule has 8 nitrogen and oxygen atoms in total. The van der Waals surface area contributed by atoms with Crippen LogP contribution in [0, 0.1) is 5.92 Å². The number of carbonyl (C=O) groups is 4. The molecule has 1 unspecified atom stereocenters. The Hall–Kier alpha value is -3.42. The lowest BCUT2D eigenvalue weighted by Gasteiger charge is -2.19. The van der Waals surface area contributed by atoms with Gasteiger partial charge in [-0.05, 0) is 25.1 Å². The van der Waals surface area contributed by atoms with E-state index in [1.165, 1.54) is 20.3 Å². The van der Waals surface area contributed by atoms with Gasteiger partial charge in [0.1, 0.15) is 11.3 Å². The van der Waals surface area contributed by atoms with Crippen molar-refractivity contribution in [2.45, 2.75) is 6.92 Å². The van der Waals surface area contributed by atoms with Gasteiger partial charge in [0.25, 0.3) is 0 Å². The number of allylic oxidation sites excluding steroid dienone is 1. The fourth-order valence-electron chi connectivity index (χ4n) is 2.45. The predicted molar refractivity (Wildman–Crippen MR) is 88.5 cm³/mol. The van der Waals surface area contributed by atoms with E-state index in [-0.39, 0.29) is 0 Å². The zero-order valence-electron chi connectivity index (χ0n) is 14.3. The lowest BCUT2D eigenvalue weighted by Crippen LogP contribution is -2.37. The van der Waals surface area contributed by atoms with Crippen molar-refractivity contribution >= 4 is 29.6 Å². The van der Waals surface area contributed by atoms with Crippen LogP contribution in [0.4, 0.5) is 0 Å². The highest BCUT2D eigenvalue weighted by Crippen LogP contribution is 2.32. The van der Waals surface area contributed by atoms with Crippen LogP contribution in [0.5, 0.6) is 11.5 Å². The number of carbonyl (C=O) groups excluding carboxylic acids is 4. The molecule has 0 bridgehead atoms. The van der Waals surface area contributed by atoms with Crippen LogP contribution in [-0.4, -0.2) is 42.8 Å². The Kier molecular flexibility index (Phi) is 5.56. The van der Waals surface area contributed by atoms with Crippen LogP contribution in [0.1, 0.15) is 12.5 Å². The van der Waals surface area contributed by atoms with E-state index in [2.05, 4.69) is 4.74 Å². The van der Waals surface area contributed by atoms with Crippen LogP contribution in [0.3, 0.4) is 0 Å². The van der Waals surface area contributed by atoms with E-state index in [1.807, 2.05) is 0 Å². The number of rotatable bonds is 6. The molecule has 0 radical (unpaired) electrons. The maximum atomic E-state index is 12.3. The molecule has 26 heavy (non-hydrogen) atoms. The highest BCUT2D eigenvalue weighted by molar-refractivity contribution is 6.24. The molecule has 0 aliphatic carbocycles. The first-order chi connectivity index (χ1) is 12.3. The molecule has 0 spiro atoms. The molecule has 1 heterocycles. The smallest absolute Gasteiger partial charge is 0.352 e. The topological polar surface area (TPSA) is 116 Å². The molecule has 1 N–H and O–H groups in total. The number of aliphatic hydroxyl groups excluding tert-OH is 1. The number of ether oxygens (including phenoxy) is 3. The van der Waals surface area contributed by atoms with Crippen molar-refractivity contribution in [2.75, 3.05) is 14.2 Å². The maximum absolute atomic E-state index is 12.3. The van der Waals surface area contributed by atoms with Gasteiger partial charge < -0.3 is 19.3 Å². The van der Waals surface area contributed by atoms with Crippen LogP contribution in [0.15, 0.2) is 35.6 Å². The minimum atomic E-state index is -1.78. The number of Topliss-reactive ketones (excluding diaryl/α,β-unsaturated/α-hetero) is 1. The molecule has 1 aromatic carbocycles. The van der Waals surface area contributed by atoms with Crippen molar-refractivity contribution in [1.82, 2.24) is 0 Å². The van der Waals surface area contributed by atoms with Gasteiger partial charge in [0.05, 0.1) is 14.2 Å². The van der Waals surface area contributed by atoms with Gasteiger partial charge in [-0.1, -0.05) is 12.1 Å². The van der Waals surface area contributed by atoms with Gasteiger partial charge >= 0.3 is 11.9 Å². The summed E-state index contributed by atoms with van der Waals surface area (Å²) in [6, 6.07) is 4.98. The molecule has 136 valence electrons. The van der Waals surface area contributed by atoms with Gasteiger partial charge in [-0.3, -0.25) is 14.4 Å². The van der Waals surface area contributed by atoms with E-state index in [9.17, 15) is 24.3 Å². The standard InChI is InChI=1S/C18H16O8/c1-9(19)13-15(21)14(18(23)26-17(13)22)11(20)8-7-10-5-4-6-12(24-2)16(10)25-3/h4-8,14,21H,1-3H3. The first-order valence-corrected chi connectivity index (χ1v) is 7.44. The molecule has 8 heteroatoms. The minimum Gasteiger partial charge on any atom is -0.510 e. The number of hydrogen-bond acceptors (Lipinski definition) is 8. The van der Waals surface area contributed by atoms with Gasteiger partial charge in [-0.15, -0.1) is 0 Å². The number of methoxy groups -OCH3 is 2. The number of benzene rings is 1. The number of para-hydroxylation sites is 1. The Morgan fingerprint density at radius 3 is 2.46 bits per heavy atom. The van der Waals surface area contributed by atoms with Crippen molar-refractivity contribution in [1.29, 1.82) is 0 Å². The van der Waals surface area contributed by atoms with Gasteiger partial charge in [0, 0.05) is 5.56 Å². The highest BCUT2D eigenvalue weighted by atomic mass is 16.6. The molecule has 1 atom stereocenters. The Balaban J connectivity index is 2.38. The van der Waals surface area contributed by atoms with E-state index < -0.39 is 40.8 Å². The van der Waals surface area contributed by atoms with E-state index in [1.54, 1.807) is 18.2 Å². The average Bonchev–Trinajstić information content (AvgIpc) is 2.58. The summed E-state index contributed by atoms with van der Waals surface area (Å²) in [6.07, 6.45) is 2.38. The molecule has 1 aliphatic rings. The minimum absolute atomic E-state index is 0.365. The highest BCUT2D eigenvalue weighted by Gasteiger charge is 2.42. The second-order valence-electron chi connectivity index (χ2n) is 5.28. The largest absolute Gasteiger partial charge is 0.510 e. The Bertz CT molecular complexity index is 847. The predicted octanol–water partition coefficient (Wildman–Crippen LogP) is 1.39. The van der Waals surface area contributed by atoms with Gasteiger partial charge in [-0.2, -0.15) is 0 Å². The lowest BCUT2D eigenvalue weighted by molar-refractivity contribution is -0.162. The van der Waals surface area contributed by atoms with Crippen LogP contribution in [0.25, 0.3) is 6.08 Å². The average molecular weight is 360 g/mol. The first-order valence-electron chi connectivity index (χ1n) is 7.44. The van der Waals surface area contributed by atoms with Crippen LogP contribution >= 0.6 is 0 Å². The zero-order chi connectivity index (χ0) is 19.4. The van der Waals surface area contributed by atoms with E-state index in [4.69, 9.17) is 9.47 Å². The fourth-order valence-corrected chi connectivity index (χ4v) is 2.45.